The number of alkyl halides is 4. The van der Waals surface area contributed by atoms with Gasteiger partial charge in [-0.3, -0.25) is 0 Å². The molecule has 0 spiro atoms. The zero-order chi connectivity index (χ0) is 7.99. The van der Waals surface area contributed by atoms with Gasteiger partial charge in [-0.1, -0.05) is 0 Å². The van der Waals surface area contributed by atoms with Crippen LogP contribution >= 0.6 is 0 Å². The molecule has 0 bridgehead atoms. The lowest BCUT2D eigenvalue weighted by Gasteiger charge is -2.13. The first-order valence-electron chi connectivity index (χ1n) is 2.02. The van der Waals surface area contributed by atoms with Gasteiger partial charge < -0.3 is 0 Å². The van der Waals surface area contributed by atoms with E-state index in [4.69, 9.17) is 0 Å². The molecule has 1 aliphatic rings. The predicted molar refractivity (Wildman–Crippen MR) is 23.9 cm³/mol. The largest absolute Gasteiger partial charge is 0.429 e. The number of hydrogen-bond acceptors (Lipinski definition) is 2. The molecule has 2 nitrogen and oxygen atoms in total. The monoisotopic (exact) mass is 180 g/mol. The first-order valence-corrected chi connectivity index (χ1v) is 3.10. The van der Waals surface area contributed by atoms with Gasteiger partial charge in [-0.05, 0) is 0 Å². The maximum absolute atomic E-state index is 11.8. The van der Waals surface area contributed by atoms with Crippen molar-refractivity contribution in [3.63, 3.8) is 0 Å². The number of nitrogens with one attached hydrogen (secondary N) is 1. The van der Waals surface area contributed by atoms with E-state index in [1.807, 2.05) is 4.36 Å². The van der Waals surface area contributed by atoms with E-state index >= 15 is 0 Å². The van der Waals surface area contributed by atoms with Gasteiger partial charge >= 0.3 is 12.1 Å². The highest BCUT2D eigenvalue weighted by molar-refractivity contribution is 7.80. The smallest absolute Gasteiger partial charge is 0.178 e. The summed E-state index contributed by atoms with van der Waals surface area (Å²) in [5, 5.41) is 0. The second-order valence-corrected chi connectivity index (χ2v) is 2.41. The van der Waals surface area contributed by atoms with E-state index in [1.54, 1.807) is 0 Å². The fourth-order valence-corrected chi connectivity index (χ4v) is 1.04. The minimum atomic E-state index is -4.62. The summed E-state index contributed by atoms with van der Waals surface area (Å²) in [6, 6.07) is -9.17. The maximum Gasteiger partial charge on any atom is 0.429 e. The summed E-state index contributed by atoms with van der Waals surface area (Å²) in [7, 11) is 0. The lowest BCUT2D eigenvalue weighted by atomic mass is 10.5. The summed E-state index contributed by atoms with van der Waals surface area (Å²) in [4.78, 5) is 0. The van der Waals surface area contributed by atoms with E-state index in [9.17, 15) is 21.4 Å². The van der Waals surface area contributed by atoms with E-state index < -0.39 is 23.4 Å². The van der Waals surface area contributed by atoms with Crippen LogP contribution in [-0.4, -0.2) is 12.1 Å². The lowest BCUT2D eigenvalue weighted by Crippen LogP contribution is -2.44. The van der Waals surface area contributed by atoms with Crippen LogP contribution in [0, 0.1) is 0 Å². The molecular formula is C2HF5N2S. The van der Waals surface area contributed by atoms with Crippen molar-refractivity contribution in [2.75, 3.05) is 0 Å². The minimum absolute atomic E-state index is 0.694. The molecule has 0 saturated heterocycles. The second-order valence-electron chi connectivity index (χ2n) is 1.55. The molecule has 0 aromatic rings. The molecule has 0 saturated carbocycles. The summed E-state index contributed by atoms with van der Waals surface area (Å²) >= 11 is -2.94. The van der Waals surface area contributed by atoms with Gasteiger partial charge in [0.25, 0.3) is 0 Å². The number of hydrogen-bond donors (Lipinski definition) is 1. The molecule has 0 aliphatic carbocycles. The standard InChI is InChI=1S/C2HF5N2S/c3-1(4)2(5,6)9-10(7)8-1/h(H,8,9). The Morgan fingerprint density at radius 1 is 1.20 bits per heavy atom. The van der Waals surface area contributed by atoms with Crippen molar-refractivity contribution in [1.29, 1.82) is 0 Å². The van der Waals surface area contributed by atoms with Crippen molar-refractivity contribution in [2.45, 2.75) is 12.1 Å². The Morgan fingerprint density at radius 3 is 1.80 bits per heavy atom. The Balaban J connectivity index is 2.92. The Bertz CT molecular complexity index is 188. The molecule has 0 fully saturated rings. The Hall–Kier alpha value is -0.240. The van der Waals surface area contributed by atoms with Crippen LogP contribution in [0.5, 0.6) is 0 Å². The topological polar surface area (TPSA) is 24.4 Å². The second kappa shape index (κ2) is 1.88. The number of rotatable bonds is 0. The van der Waals surface area contributed by atoms with Crippen LogP contribution in [0.1, 0.15) is 0 Å². The van der Waals surface area contributed by atoms with Crippen LogP contribution in [0.3, 0.4) is 0 Å². The molecule has 0 aromatic carbocycles. The third-order valence-corrected chi connectivity index (χ3v) is 1.60. The molecule has 1 unspecified atom stereocenters. The molecule has 0 amide bonds. The highest BCUT2D eigenvalue weighted by Crippen LogP contribution is 2.38. The van der Waals surface area contributed by atoms with Crippen molar-refractivity contribution in [2.24, 2.45) is 4.36 Å². The van der Waals surface area contributed by atoms with E-state index in [1.165, 1.54) is 0 Å². The molecule has 0 aromatic heterocycles. The Morgan fingerprint density at radius 2 is 1.70 bits per heavy atom. The summed E-state index contributed by atoms with van der Waals surface area (Å²) in [5.41, 5.74) is 0. The van der Waals surface area contributed by atoms with Crippen molar-refractivity contribution in [3.8, 4) is 0 Å². The molecule has 1 aliphatic heterocycles. The average Bonchev–Trinajstić information content (AvgIpc) is 1.73. The molecule has 1 N–H and O–H groups in total. The number of nitrogens with zero attached hydrogens (tertiary/aromatic N) is 1. The van der Waals surface area contributed by atoms with Crippen molar-refractivity contribution >= 4 is 11.3 Å². The normalized spacial score (nSPS) is 35.5. The molecule has 10 heavy (non-hydrogen) atoms. The highest BCUT2D eigenvalue weighted by Gasteiger charge is 2.62. The molecule has 8 heteroatoms. The van der Waals surface area contributed by atoms with E-state index in [0.29, 0.717) is 4.72 Å². The number of halogens is 5. The van der Waals surface area contributed by atoms with Crippen LogP contribution in [0.4, 0.5) is 21.4 Å². The Kier molecular flexibility index (Phi) is 1.48. The van der Waals surface area contributed by atoms with Crippen molar-refractivity contribution < 1.29 is 21.4 Å². The average molecular weight is 180 g/mol. The van der Waals surface area contributed by atoms with Gasteiger partial charge in [0.2, 0.25) is 0 Å². The quantitative estimate of drug-likeness (QED) is 0.442. The molecular weight excluding hydrogens is 179 g/mol. The van der Waals surface area contributed by atoms with Crippen molar-refractivity contribution in [3.05, 3.63) is 0 Å². The third-order valence-electron chi connectivity index (χ3n) is 0.785. The van der Waals surface area contributed by atoms with Gasteiger partial charge in [0, 0.05) is 0 Å². The van der Waals surface area contributed by atoms with Gasteiger partial charge in [-0.25, -0.2) is 0 Å². The summed E-state index contributed by atoms with van der Waals surface area (Å²) in [6.45, 7) is 0. The predicted octanol–water partition coefficient (Wildman–Crippen LogP) is 1.38. The molecule has 1 atom stereocenters. The third kappa shape index (κ3) is 1.01. The van der Waals surface area contributed by atoms with Gasteiger partial charge in [0.1, 0.15) is 0 Å². The minimum Gasteiger partial charge on any atom is -0.178 e. The van der Waals surface area contributed by atoms with Crippen molar-refractivity contribution in [1.82, 2.24) is 4.72 Å². The molecule has 1 rings (SSSR count). The summed E-state index contributed by atoms with van der Waals surface area (Å²) in [6.07, 6.45) is 0. The summed E-state index contributed by atoms with van der Waals surface area (Å²) in [5.74, 6) is 0. The molecule has 60 valence electrons. The van der Waals surface area contributed by atoms with Gasteiger partial charge in [-0.15, -0.1) is 8.25 Å². The van der Waals surface area contributed by atoms with Gasteiger partial charge in [0.15, 0.2) is 11.3 Å². The van der Waals surface area contributed by atoms with Gasteiger partial charge in [-0.2, -0.15) is 22.3 Å². The Labute approximate surface area is 54.9 Å². The maximum atomic E-state index is 11.8. The van der Waals surface area contributed by atoms with E-state index in [2.05, 4.69) is 0 Å². The zero-order valence-corrected chi connectivity index (χ0v) is 5.06. The van der Waals surface area contributed by atoms with E-state index in [0.717, 1.165) is 0 Å². The van der Waals surface area contributed by atoms with Crippen LogP contribution in [0.25, 0.3) is 0 Å². The summed E-state index contributed by atoms with van der Waals surface area (Å²) < 4.78 is 61.3. The first-order chi connectivity index (χ1) is 4.35. The SMILES string of the molecule is FS1=NC(F)(F)C(F)(F)N1. The first kappa shape index (κ1) is 7.86. The fraction of sp³-hybridized carbons (Fsp3) is 1.00. The van der Waals surface area contributed by atoms with Crippen LogP contribution in [0.15, 0.2) is 4.36 Å². The van der Waals surface area contributed by atoms with E-state index in [-0.39, 0.29) is 0 Å². The van der Waals surface area contributed by atoms with Gasteiger partial charge in [0.05, 0.1) is 0 Å². The molecule has 1 heterocycles. The van der Waals surface area contributed by atoms with Crippen LogP contribution in [-0.2, 0) is 11.3 Å². The van der Waals surface area contributed by atoms with Crippen LogP contribution in [0.2, 0.25) is 0 Å². The lowest BCUT2D eigenvalue weighted by molar-refractivity contribution is -0.199. The highest BCUT2D eigenvalue weighted by atomic mass is 32.2. The fourth-order valence-electron chi connectivity index (χ4n) is 0.348. The molecule has 0 radical (unpaired) electrons. The van der Waals surface area contributed by atoms with Crippen LogP contribution < -0.4 is 4.72 Å². The zero-order valence-electron chi connectivity index (χ0n) is 4.25.